The van der Waals surface area contributed by atoms with E-state index >= 15 is 0 Å². The van der Waals surface area contributed by atoms with E-state index in [4.69, 9.17) is 0 Å². The van der Waals surface area contributed by atoms with Gasteiger partial charge in [-0.05, 0) is 12.1 Å². The molecule has 15 heavy (non-hydrogen) atoms. The van der Waals surface area contributed by atoms with E-state index in [1.165, 1.54) is 5.19 Å². The van der Waals surface area contributed by atoms with Gasteiger partial charge in [-0.1, -0.05) is 48.8 Å². The van der Waals surface area contributed by atoms with Gasteiger partial charge in [0.05, 0.1) is 8.07 Å². The van der Waals surface area contributed by atoms with Gasteiger partial charge in [0.25, 0.3) is 0 Å². The van der Waals surface area contributed by atoms with Gasteiger partial charge in [-0.25, -0.2) is 0 Å². The van der Waals surface area contributed by atoms with E-state index in [0.717, 1.165) is 17.7 Å². The predicted octanol–water partition coefficient (Wildman–Crippen LogP) is 2.90. The average Bonchev–Trinajstić information content (AvgIpc) is 2.18. The Morgan fingerprint density at radius 1 is 1.13 bits per heavy atom. The lowest BCUT2D eigenvalue weighted by Crippen LogP contribution is -2.37. The summed E-state index contributed by atoms with van der Waals surface area (Å²) in [5, 5.41) is 1.49. The molecule has 1 rings (SSSR count). The molecule has 0 heterocycles. The first-order chi connectivity index (χ1) is 7.04. The van der Waals surface area contributed by atoms with E-state index in [9.17, 15) is 0 Å². The number of thiol groups is 1. The fourth-order valence-corrected chi connectivity index (χ4v) is 2.55. The average molecular weight is 234 g/mol. The number of hydrogen-bond donors (Lipinski definition) is 1. The molecule has 0 bridgehead atoms. The second kappa shape index (κ2) is 5.44. The summed E-state index contributed by atoms with van der Waals surface area (Å²) in [5.74, 6) is 7.07. The molecule has 0 atom stereocenters. The summed E-state index contributed by atoms with van der Waals surface area (Å²) in [4.78, 5) is 0. The van der Waals surface area contributed by atoms with Crippen molar-refractivity contribution in [1.29, 1.82) is 0 Å². The van der Waals surface area contributed by atoms with Crippen molar-refractivity contribution in [2.45, 2.75) is 26.1 Å². The molecule has 1 aromatic rings. The van der Waals surface area contributed by atoms with Crippen LogP contribution in [-0.2, 0) is 0 Å². The van der Waals surface area contributed by atoms with Crippen LogP contribution in [0.3, 0.4) is 0 Å². The van der Waals surface area contributed by atoms with Crippen molar-refractivity contribution in [3.63, 3.8) is 0 Å². The standard InChI is InChI=1S/C13H18SSi/c1-15(2,3)13-9-7-12(8-10-13)6-4-5-11-14/h7-10,14H,5,11H2,1-3H3. The molecule has 0 aliphatic carbocycles. The Bertz CT molecular complexity index is 362. The first kappa shape index (κ1) is 12.4. The zero-order chi connectivity index (χ0) is 11.3. The Kier molecular flexibility index (Phi) is 4.50. The highest BCUT2D eigenvalue weighted by Crippen LogP contribution is 2.03. The Morgan fingerprint density at radius 3 is 2.20 bits per heavy atom. The number of benzene rings is 1. The molecule has 0 aromatic heterocycles. The molecule has 0 nitrogen and oxygen atoms in total. The molecule has 0 saturated heterocycles. The van der Waals surface area contributed by atoms with Crippen molar-refractivity contribution in [2.75, 3.05) is 5.75 Å². The van der Waals surface area contributed by atoms with Gasteiger partial charge in [0, 0.05) is 17.7 Å². The van der Waals surface area contributed by atoms with Crippen LogP contribution in [0.4, 0.5) is 0 Å². The van der Waals surface area contributed by atoms with Crippen molar-refractivity contribution in [3.05, 3.63) is 29.8 Å². The minimum absolute atomic E-state index is 0.833. The SMILES string of the molecule is C[Si](C)(C)c1ccc(C#CCCS)cc1. The normalized spacial score (nSPS) is 10.7. The summed E-state index contributed by atoms with van der Waals surface area (Å²) in [6, 6.07) is 8.69. The van der Waals surface area contributed by atoms with Gasteiger partial charge >= 0.3 is 0 Å². The van der Waals surface area contributed by atoms with Gasteiger partial charge in [-0.15, -0.1) is 0 Å². The maximum absolute atomic E-state index is 4.12. The van der Waals surface area contributed by atoms with Gasteiger partial charge < -0.3 is 0 Å². The second-order valence-corrected chi connectivity index (χ2v) is 10.1. The zero-order valence-electron chi connectivity index (χ0n) is 9.67. The largest absolute Gasteiger partial charge is 0.178 e. The number of rotatable bonds is 2. The minimum atomic E-state index is -1.15. The van der Waals surface area contributed by atoms with Crippen molar-refractivity contribution in [3.8, 4) is 11.8 Å². The third kappa shape index (κ3) is 4.15. The minimum Gasteiger partial charge on any atom is -0.178 e. The smallest absolute Gasteiger partial charge is 0.0775 e. The van der Waals surface area contributed by atoms with Crippen LogP contribution in [0.15, 0.2) is 24.3 Å². The zero-order valence-corrected chi connectivity index (χ0v) is 11.6. The lowest BCUT2D eigenvalue weighted by atomic mass is 10.2. The summed E-state index contributed by atoms with van der Waals surface area (Å²) >= 11 is 4.12. The molecule has 1 aromatic carbocycles. The molecule has 0 unspecified atom stereocenters. The highest BCUT2D eigenvalue weighted by Gasteiger charge is 2.15. The number of hydrogen-bond acceptors (Lipinski definition) is 1. The predicted molar refractivity (Wildman–Crippen MR) is 74.8 cm³/mol. The molecule has 80 valence electrons. The van der Waals surface area contributed by atoms with Crippen molar-refractivity contribution >= 4 is 25.9 Å². The van der Waals surface area contributed by atoms with Crippen LogP contribution in [0, 0.1) is 11.8 Å². The van der Waals surface area contributed by atoms with Crippen LogP contribution in [0.2, 0.25) is 19.6 Å². The van der Waals surface area contributed by atoms with Gasteiger partial charge in [-0.3, -0.25) is 0 Å². The van der Waals surface area contributed by atoms with Gasteiger partial charge in [0.2, 0.25) is 0 Å². The van der Waals surface area contributed by atoms with E-state index in [1.807, 2.05) is 0 Å². The van der Waals surface area contributed by atoms with Crippen molar-refractivity contribution in [2.24, 2.45) is 0 Å². The molecular weight excluding hydrogens is 216 g/mol. The Hall–Kier alpha value is -0.653. The Balaban J connectivity index is 2.79. The third-order valence-corrected chi connectivity index (χ3v) is 4.51. The molecule has 0 radical (unpaired) electrons. The first-order valence-corrected chi connectivity index (χ1v) is 9.37. The third-order valence-electron chi connectivity index (χ3n) is 2.22. The van der Waals surface area contributed by atoms with E-state index in [-0.39, 0.29) is 0 Å². The Morgan fingerprint density at radius 2 is 1.73 bits per heavy atom. The second-order valence-electron chi connectivity index (χ2n) is 4.60. The molecule has 0 N–H and O–H groups in total. The van der Waals surface area contributed by atoms with E-state index < -0.39 is 8.07 Å². The quantitative estimate of drug-likeness (QED) is 0.454. The summed E-state index contributed by atoms with van der Waals surface area (Å²) in [6.07, 6.45) is 0.860. The van der Waals surface area contributed by atoms with Crippen LogP contribution in [0.5, 0.6) is 0 Å². The van der Waals surface area contributed by atoms with Crippen LogP contribution < -0.4 is 5.19 Å². The molecule has 0 spiro atoms. The van der Waals surface area contributed by atoms with E-state index in [2.05, 4.69) is 68.4 Å². The van der Waals surface area contributed by atoms with Crippen LogP contribution in [0.1, 0.15) is 12.0 Å². The maximum Gasteiger partial charge on any atom is 0.0775 e. The maximum atomic E-state index is 4.12. The van der Waals surface area contributed by atoms with Crippen molar-refractivity contribution < 1.29 is 0 Å². The molecule has 2 heteroatoms. The summed E-state index contributed by atoms with van der Waals surface area (Å²) in [6.45, 7) is 7.07. The fourth-order valence-electron chi connectivity index (χ4n) is 1.27. The van der Waals surface area contributed by atoms with Gasteiger partial charge in [-0.2, -0.15) is 12.6 Å². The molecule has 0 fully saturated rings. The van der Waals surface area contributed by atoms with Gasteiger partial charge in [0.15, 0.2) is 0 Å². The monoisotopic (exact) mass is 234 g/mol. The van der Waals surface area contributed by atoms with Crippen LogP contribution in [-0.4, -0.2) is 13.8 Å². The topological polar surface area (TPSA) is 0 Å². The first-order valence-electron chi connectivity index (χ1n) is 5.24. The fraction of sp³-hybridized carbons (Fsp3) is 0.385. The molecule has 0 aliphatic rings. The van der Waals surface area contributed by atoms with Crippen LogP contribution in [0.25, 0.3) is 0 Å². The van der Waals surface area contributed by atoms with Crippen LogP contribution >= 0.6 is 12.6 Å². The summed E-state index contributed by atoms with van der Waals surface area (Å²) in [5.41, 5.74) is 1.11. The Labute approximate surface area is 99.5 Å². The molecule has 0 saturated carbocycles. The van der Waals surface area contributed by atoms with E-state index in [1.54, 1.807) is 0 Å². The van der Waals surface area contributed by atoms with Crippen molar-refractivity contribution in [1.82, 2.24) is 0 Å². The van der Waals surface area contributed by atoms with Gasteiger partial charge in [0.1, 0.15) is 0 Å². The molecule has 0 aliphatic heterocycles. The lowest BCUT2D eigenvalue weighted by Gasteiger charge is -2.15. The van der Waals surface area contributed by atoms with E-state index in [0.29, 0.717) is 0 Å². The highest BCUT2D eigenvalue weighted by atomic mass is 32.1. The highest BCUT2D eigenvalue weighted by molar-refractivity contribution is 7.80. The summed E-state index contributed by atoms with van der Waals surface area (Å²) < 4.78 is 0. The summed E-state index contributed by atoms with van der Waals surface area (Å²) in [7, 11) is -1.15. The lowest BCUT2D eigenvalue weighted by molar-refractivity contribution is 1.31. The molecule has 0 amide bonds. The molecular formula is C13H18SSi.